The summed E-state index contributed by atoms with van der Waals surface area (Å²) in [4.78, 5) is 22.9. The van der Waals surface area contributed by atoms with Crippen molar-refractivity contribution < 1.29 is 19.8 Å². The van der Waals surface area contributed by atoms with Crippen LogP contribution in [0.25, 0.3) is 0 Å². The second-order valence-electron chi connectivity index (χ2n) is 4.98. The van der Waals surface area contributed by atoms with Crippen molar-refractivity contribution in [3.8, 4) is 0 Å². The van der Waals surface area contributed by atoms with Crippen LogP contribution < -0.4 is 5.32 Å². The molecule has 98 valence electrons. The zero-order valence-corrected chi connectivity index (χ0v) is 10.3. The molecule has 5 heteroatoms. The molecule has 17 heavy (non-hydrogen) atoms. The van der Waals surface area contributed by atoms with Crippen LogP contribution in [-0.4, -0.2) is 34.2 Å². The maximum Gasteiger partial charge on any atom is 0.307 e. The highest BCUT2D eigenvalue weighted by Gasteiger charge is 2.37. The molecule has 0 aromatic rings. The fourth-order valence-electron chi connectivity index (χ4n) is 2.49. The molecule has 0 aliphatic heterocycles. The van der Waals surface area contributed by atoms with Crippen molar-refractivity contribution in [2.24, 2.45) is 11.8 Å². The monoisotopic (exact) mass is 243 g/mol. The number of carbonyl (C=O) groups is 2. The quantitative estimate of drug-likeness (QED) is 0.665. The van der Waals surface area contributed by atoms with E-state index < -0.39 is 23.9 Å². The summed E-state index contributed by atoms with van der Waals surface area (Å²) < 4.78 is 0. The number of hydrogen-bond donors (Lipinski definition) is 3. The first-order chi connectivity index (χ1) is 7.91. The molecule has 4 unspecified atom stereocenters. The molecule has 0 aromatic carbocycles. The van der Waals surface area contributed by atoms with Crippen LogP contribution in [0.3, 0.4) is 0 Å². The van der Waals surface area contributed by atoms with Crippen molar-refractivity contribution in [2.75, 3.05) is 0 Å². The standard InChI is InChI=1S/C12H21NO4/c1-7(6-8(2)14)13-11(15)9-4-3-5-10(9)12(16)17/h7-10,14H,3-6H2,1-2H3,(H,13,15)(H,16,17). The summed E-state index contributed by atoms with van der Waals surface area (Å²) in [6.45, 7) is 3.48. The second kappa shape index (κ2) is 6.00. The van der Waals surface area contributed by atoms with E-state index in [9.17, 15) is 14.7 Å². The first-order valence-electron chi connectivity index (χ1n) is 6.13. The molecule has 4 atom stereocenters. The second-order valence-corrected chi connectivity index (χ2v) is 4.98. The lowest BCUT2D eigenvalue weighted by Gasteiger charge is -2.20. The molecule has 1 aliphatic rings. The Morgan fingerprint density at radius 1 is 1.29 bits per heavy atom. The Kier molecular flexibility index (Phi) is 4.93. The maximum atomic E-state index is 11.9. The Labute approximate surface area is 101 Å². The Morgan fingerprint density at radius 2 is 1.88 bits per heavy atom. The van der Waals surface area contributed by atoms with Crippen LogP contribution in [0.5, 0.6) is 0 Å². The molecule has 1 saturated carbocycles. The number of carboxylic acids is 1. The minimum absolute atomic E-state index is 0.127. The van der Waals surface area contributed by atoms with Crippen molar-refractivity contribution in [1.29, 1.82) is 0 Å². The molecule has 0 aromatic heterocycles. The predicted octanol–water partition coefficient (Wildman–Crippen LogP) is 0.763. The van der Waals surface area contributed by atoms with Crippen LogP contribution in [0, 0.1) is 11.8 Å². The third-order valence-electron chi connectivity index (χ3n) is 3.25. The summed E-state index contributed by atoms with van der Waals surface area (Å²) in [6.07, 6.45) is 2.03. The van der Waals surface area contributed by atoms with E-state index in [0.717, 1.165) is 6.42 Å². The molecular formula is C12H21NO4. The van der Waals surface area contributed by atoms with E-state index in [4.69, 9.17) is 5.11 Å². The van der Waals surface area contributed by atoms with Gasteiger partial charge in [0.2, 0.25) is 5.91 Å². The number of aliphatic hydroxyl groups is 1. The molecule has 1 rings (SSSR count). The molecule has 3 N–H and O–H groups in total. The number of rotatable bonds is 5. The summed E-state index contributed by atoms with van der Waals surface area (Å²) in [5.74, 6) is -2.04. The van der Waals surface area contributed by atoms with Crippen molar-refractivity contribution >= 4 is 11.9 Å². The lowest BCUT2D eigenvalue weighted by Crippen LogP contribution is -2.41. The number of aliphatic hydroxyl groups excluding tert-OH is 1. The lowest BCUT2D eigenvalue weighted by atomic mass is 9.95. The number of nitrogens with one attached hydrogen (secondary N) is 1. The van der Waals surface area contributed by atoms with Gasteiger partial charge in [-0.3, -0.25) is 9.59 Å². The van der Waals surface area contributed by atoms with Gasteiger partial charge in [-0.05, 0) is 33.1 Å². The van der Waals surface area contributed by atoms with Gasteiger partial charge in [0, 0.05) is 6.04 Å². The van der Waals surface area contributed by atoms with Gasteiger partial charge in [-0.1, -0.05) is 6.42 Å². The third kappa shape index (κ3) is 4.00. The summed E-state index contributed by atoms with van der Waals surface area (Å²) in [5, 5.41) is 21.0. The fourth-order valence-corrected chi connectivity index (χ4v) is 2.49. The van der Waals surface area contributed by atoms with Crippen molar-refractivity contribution in [2.45, 2.75) is 51.7 Å². The number of carbonyl (C=O) groups excluding carboxylic acids is 1. The first-order valence-corrected chi connectivity index (χ1v) is 6.13. The predicted molar refractivity (Wildman–Crippen MR) is 62.4 cm³/mol. The Hall–Kier alpha value is -1.10. The molecule has 0 radical (unpaired) electrons. The van der Waals surface area contributed by atoms with E-state index in [2.05, 4.69) is 5.32 Å². The molecule has 1 fully saturated rings. The molecule has 1 amide bonds. The molecule has 0 heterocycles. The Balaban J connectivity index is 2.49. The van der Waals surface area contributed by atoms with Crippen LogP contribution >= 0.6 is 0 Å². The molecule has 0 bridgehead atoms. The smallest absolute Gasteiger partial charge is 0.307 e. The first kappa shape index (κ1) is 14.0. The van der Waals surface area contributed by atoms with Crippen molar-refractivity contribution in [1.82, 2.24) is 5.32 Å². The minimum atomic E-state index is -0.883. The van der Waals surface area contributed by atoms with Gasteiger partial charge in [-0.25, -0.2) is 0 Å². The van der Waals surface area contributed by atoms with Crippen LogP contribution in [0.4, 0.5) is 0 Å². The van der Waals surface area contributed by atoms with Gasteiger partial charge in [0.25, 0.3) is 0 Å². The number of carboxylic acid groups (broad SMARTS) is 1. The van der Waals surface area contributed by atoms with E-state index in [1.165, 1.54) is 0 Å². The van der Waals surface area contributed by atoms with Crippen LogP contribution in [0.15, 0.2) is 0 Å². The molecular weight excluding hydrogens is 222 g/mol. The Morgan fingerprint density at radius 3 is 2.41 bits per heavy atom. The zero-order chi connectivity index (χ0) is 13.0. The molecule has 0 saturated heterocycles. The van der Waals surface area contributed by atoms with Crippen molar-refractivity contribution in [3.05, 3.63) is 0 Å². The number of amides is 1. The van der Waals surface area contributed by atoms with Crippen LogP contribution in [-0.2, 0) is 9.59 Å². The fraction of sp³-hybridized carbons (Fsp3) is 0.833. The van der Waals surface area contributed by atoms with Gasteiger partial charge < -0.3 is 15.5 Å². The average Bonchev–Trinajstić information content (AvgIpc) is 2.63. The number of hydrogen-bond acceptors (Lipinski definition) is 3. The Bertz CT molecular complexity index is 290. The summed E-state index contributed by atoms with van der Waals surface area (Å²) >= 11 is 0. The van der Waals surface area contributed by atoms with Gasteiger partial charge >= 0.3 is 5.97 Å². The van der Waals surface area contributed by atoms with E-state index >= 15 is 0 Å². The largest absolute Gasteiger partial charge is 0.481 e. The van der Waals surface area contributed by atoms with E-state index in [1.807, 2.05) is 6.92 Å². The van der Waals surface area contributed by atoms with Gasteiger partial charge in [-0.15, -0.1) is 0 Å². The lowest BCUT2D eigenvalue weighted by molar-refractivity contribution is -0.146. The maximum absolute atomic E-state index is 11.9. The summed E-state index contributed by atoms with van der Waals surface area (Å²) in [5.41, 5.74) is 0. The van der Waals surface area contributed by atoms with Crippen LogP contribution in [0.2, 0.25) is 0 Å². The van der Waals surface area contributed by atoms with Gasteiger partial charge in [0.1, 0.15) is 0 Å². The molecule has 0 spiro atoms. The average molecular weight is 243 g/mol. The number of aliphatic carboxylic acids is 1. The highest BCUT2D eigenvalue weighted by Crippen LogP contribution is 2.32. The van der Waals surface area contributed by atoms with Crippen LogP contribution in [0.1, 0.15) is 39.5 Å². The third-order valence-corrected chi connectivity index (χ3v) is 3.25. The molecule has 5 nitrogen and oxygen atoms in total. The molecule has 1 aliphatic carbocycles. The van der Waals surface area contributed by atoms with Gasteiger partial charge in [0.05, 0.1) is 17.9 Å². The van der Waals surface area contributed by atoms with Crippen molar-refractivity contribution in [3.63, 3.8) is 0 Å². The van der Waals surface area contributed by atoms with Gasteiger partial charge in [-0.2, -0.15) is 0 Å². The summed E-state index contributed by atoms with van der Waals surface area (Å²) in [6, 6.07) is -0.127. The minimum Gasteiger partial charge on any atom is -0.481 e. The zero-order valence-electron chi connectivity index (χ0n) is 10.3. The summed E-state index contributed by atoms with van der Waals surface area (Å²) in [7, 11) is 0. The van der Waals surface area contributed by atoms with E-state index in [1.54, 1.807) is 6.92 Å². The van der Waals surface area contributed by atoms with E-state index in [-0.39, 0.29) is 11.9 Å². The topological polar surface area (TPSA) is 86.6 Å². The van der Waals surface area contributed by atoms with E-state index in [0.29, 0.717) is 19.3 Å². The normalized spacial score (nSPS) is 27.5. The highest BCUT2D eigenvalue weighted by atomic mass is 16.4. The highest BCUT2D eigenvalue weighted by molar-refractivity contribution is 5.85. The SMILES string of the molecule is CC(O)CC(C)NC(=O)C1CCCC1C(=O)O. The van der Waals surface area contributed by atoms with Gasteiger partial charge in [0.15, 0.2) is 0 Å².